The van der Waals surface area contributed by atoms with Gasteiger partial charge in [0.2, 0.25) is 12.3 Å². The van der Waals surface area contributed by atoms with Crippen LogP contribution in [0.25, 0.3) is 21.5 Å². The summed E-state index contributed by atoms with van der Waals surface area (Å²) in [5.74, 6) is 0.126. The Kier molecular flexibility index (Phi) is 5.13. The van der Waals surface area contributed by atoms with Crippen LogP contribution in [-0.4, -0.2) is 5.78 Å². The second-order valence-corrected chi connectivity index (χ2v) is 6.20. The van der Waals surface area contributed by atoms with Crippen LogP contribution < -0.4 is 28.5 Å². The normalized spacial score (nSPS) is 10.6. The zero-order chi connectivity index (χ0) is 16.5. The molecular weight excluding hydrogens is 421 g/mol. The average molecular weight is 439 g/mol. The van der Waals surface area contributed by atoms with E-state index < -0.39 is 0 Å². The van der Waals surface area contributed by atoms with Crippen LogP contribution >= 0.6 is 0 Å². The molecule has 0 radical (unpaired) electrons. The lowest BCUT2D eigenvalue weighted by Crippen LogP contribution is -3.00. The monoisotopic (exact) mass is 439 g/mol. The molecule has 0 saturated carbocycles. The number of halogens is 1. The van der Waals surface area contributed by atoms with E-state index >= 15 is 0 Å². The van der Waals surface area contributed by atoms with Crippen LogP contribution in [0.1, 0.15) is 15.9 Å². The van der Waals surface area contributed by atoms with Gasteiger partial charge in [0.15, 0.2) is 12.4 Å². The Hall–Kier alpha value is -2.27. The predicted octanol–water partition coefficient (Wildman–Crippen LogP) is 1.48. The summed E-state index contributed by atoms with van der Waals surface area (Å²) in [5, 5.41) is 4.74. The van der Waals surface area contributed by atoms with Crippen LogP contribution in [0.4, 0.5) is 0 Å². The second kappa shape index (κ2) is 7.31. The van der Waals surface area contributed by atoms with Gasteiger partial charge >= 0.3 is 0 Å². The maximum atomic E-state index is 12.6. The first-order valence-corrected chi connectivity index (χ1v) is 8.11. The SMILES string of the molecule is Cc1ccc[n+](CC(=O)c2ccc3c(ccc4ccccc43)c2)c1.[I-]. The van der Waals surface area contributed by atoms with Crippen molar-refractivity contribution in [1.29, 1.82) is 0 Å². The van der Waals surface area contributed by atoms with Gasteiger partial charge in [-0.15, -0.1) is 0 Å². The molecule has 4 rings (SSSR count). The Labute approximate surface area is 164 Å². The van der Waals surface area contributed by atoms with E-state index in [4.69, 9.17) is 0 Å². The van der Waals surface area contributed by atoms with Crippen molar-refractivity contribution in [2.45, 2.75) is 13.5 Å². The lowest BCUT2D eigenvalue weighted by Gasteiger charge is -2.06. The number of Topliss-reactive ketones (excluding diaryl/α,β-unsaturated/α-hetero) is 1. The highest BCUT2D eigenvalue weighted by Crippen LogP contribution is 2.26. The van der Waals surface area contributed by atoms with Gasteiger partial charge in [-0.1, -0.05) is 48.5 Å². The van der Waals surface area contributed by atoms with E-state index in [-0.39, 0.29) is 29.8 Å². The fourth-order valence-corrected chi connectivity index (χ4v) is 3.19. The second-order valence-electron chi connectivity index (χ2n) is 6.20. The van der Waals surface area contributed by atoms with E-state index in [0.29, 0.717) is 6.54 Å². The largest absolute Gasteiger partial charge is 1.00 e. The first-order chi connectivity index (χ1) is 11.7. The van der Waals surface area contributed by atoms with E-state index in [1.165, 1.54) is 16.2 Å². The first kappa shape index (κ1) is 17.5. The third-order valence-electron chi connectivity index (χ3n) is 4.40. The number of carbonyl (C=O) groups is 1. The molecule has 0 aliphatic rings. The lowest BCUT2D eigenvalue weighted by atomic mass is 9.99. The van der Waals surface area contributed by atoms with Gasteiger partial charge in [0.05, 0.1) is 0 Å². The Balaban J connectivity index is 0.00000182. The van der Waals surface area contributed by atoms with Gasteiger partial charge < -0.3 is 24.0 Å². The fourth-order valence-electron chi connectivity index (χ4n) is 3.19. The third kappa shape index (κ3) is 3.56. The van der Waals surface area contributed by atoms with Crippen LogP contribution in [-0.2, 0) is 6.54 Å². The van der Waals surface area contributed by atoms with Gasteiger partial charge in [0, 0.05) is 17.2 Å². The molecule has 0 aliphatic carbocycles. The van der Waals surface area contributed by atoms with Gasteiger partial charge in [0.25, 0.3) is 0 Å². The number of benzene rings is 3. The summed E-state index contributed by atoms with van der Waals surface area (Å²) >= 11 is 0. The van der Waals surface area contributed by atoms with Crippen LogP contribution in [0.2, 0.25) is 0 Å². The Morgan fingerprint density at radius 2 is 1.64 bits per heavy atom. The van der Waals surface area contributed by atoms with E-state index in [2.05, 4.69) is 36.4 Å². The number of pyridine rings is 1. The van der Waals surface area contributed by atoms with Crippen LogP contribution in [0.5, 0.6) is 0 Å². The number of hydrogen-bond acceptors (Lipinski definition) is 1. The minimum absolute atomic E-state index is 0. The maximum Gasteiger partial charge on any atom is 0.227 e. The molecule has 0 aliphatic heterocycles. The van der Waals surface area contributed by atoms with Gasteiger partial charge in [0.1, 0.15) is 0 Å². The number of aryl methyl sites for hydroxylation is 1. The van der Waals surface area contributed by atoms with Crippen LogP contribution in [0.15, 0.2) is 79.1 Å². The summed E-state index contributed by atoms with van der Waals surface area (Å²) < 4.78 is 1.93. The topological polar surface area (TPSA) is 20.9 Å². The molecule has 124 valence electrons. The van der Waals surface area contributed by atoms with E-state index in [0.717, 1.165) is 16.5 Å². The molecule has 3 heteroatoms. The predicted molar refractivity (Wildman–Crippen MR) is 97.2 cm³/mol. The zero-order valence-corrected chi connectivity index (χ0v) is 16.1. The molecule has 2 nitrogen and oxygen atoms in total. The Morgan fingerprint density at radius 1 is 0.880 bits per heavy atom. The number of carbonyl (C=O) groups excluding carboxylic acids is 1. The van der Waals surface area contributed by atoms with Crippen molar-refractivity contribution in [1.82, 2.24) is 0 Å². The number of nitrogens with zero attached hydrogens (tertiary/aromatic N) is 1. The lowest BCUT2D eigenvalue weighted by molar-refractivity contribution is -0.683. The molecule has 3 aromatic carbocycles. The van der Waals surface area contributed by atoms with Crippen molar-refractivity contribution in [3.05, 3.63) is 90.3 Å². The van der Waals surface area contributed by atoms with Crippen LogP contribution in [0.3, 0.4) is 0 Å². The number of aromatic nitrogens is 1. The summed E-state index contributed by atoms with van der Waals surface area (Å²) in [7, 11) is 0. The summed E-state index contributed by atoms with van der Waals surface area (Å²) in [6.45, 7) is 2.39. The molecule has 4 aromatic rings. The summed E-state index contributed by atoms with van der Waals surface area (Å²) in [5.41, 5.74) is 1.90. The quantitative estimate of drug-likeness (QED) is 0.205. The molecule has 0 fully saturated rings. The minimum atomic E-state index is 0. The molecule has 1 heterocycles. The molecule has 0 unspecified atom stereocenters. The standard InChI is InChI=1S/C22H18NO.HI/c1-16-5-4-12-23(14-16)15-22(24)19-10-11-21-18(13-19)9-8-17-6-2-3-7-20(17)21;/h2-14H,15H2,1H3;1H/q+1;/p-1. The van der Waals surface area contributed by atoms with Gasteiger partial charge in [-0.3, -0.25) is 4.79 Å². The van der Waals surface area contributed by atoms with Gasteiger partial charge in [-0.2, -0.15) is 4.57 Å². The summed E-state index contributed by atoms with van der Waals surface area (Å²) in [6.07, 6.45) is 3.92. The highest BCUT2D eigenvalue weighted by atomic mass is 127. The van der Waals surface area contributed by atoms with Gasteiger partial charge in [-0.05, 0) is 40.6 Å². The molecule has 0 saturated heterocycles. The molecule has 0 amide bonds. The number of rotatable bonds is 3. The third-order valence-corrected chi connectivity index (χ3v) is 4.40. The maximum absolute atomic E-state index is 12.6. The van der Waals surface area contributed by atoms with Crippen LogP contribution in [0, 0.1) is 6.92 Å². The molecule has 0 spiro atoms. The molecule has 1 aromatic heterocycles. The molecule has 0 atom stereocenters. The average Bonchev–Trinajstić information content (AvgIpc) is 2.61. The fraction of sp³-hybridized carbons (Fsp3) is 0.0909. The Morgan fingerprint density at radius 3 is 2.48 bits per heavy atom. The molecule has 25 heavy (non-hydrogen) atoms. The van der Waals surface area contributed by atoms with E-state index in [1.54, 1.807) is 0 Å². The number of ketones is 1. The highest BCUT2D eigenvalue weighted by Gasteiger charge is 2.13. The van der Waals surface area contributed by atoms with Crippen molar-refractivity contribution >= 4 is 27.3 Å². The van der Waals surface area contributed by atoms with Crippen molar-refractivity contribution in [2.24, 2.45) is 0 Å². The zero-order valence-electron chi connectivity index (χ0n) is 13.9. The molecular formula is C22H18INO. The molecule has 0 N–H and O–H groups in total. The van der Waals surface area contributed by atoms with E-state index in [9.17, 15) is 4.79 Å². The summed E-state index contributed by atoms with van der Waals surface area (Å²) in [6, 6.07) is 22.5. The molecule has 0 bridgehead atoms. The highest BCUT2D eigenvalue weighted by molar-refractivity contribution is 6.09. The van der Waals surface area contributed by atoms with Crippen molar-refractivity contribution in [2.75, 3.05) is 0 Å². The van der Waals surface area contributed by atoms with Crippen molar-refractivity contribution in [3.8, 4) is 0 Å². The summed E-state index contributed by atoms with van der Waals surface area (Å²) in [4.78, 5) is 12.6. The number of fused-ring (bicyclic) bond motifs is 3. The Bertz CT molecular complexity index is 1070. The van der Waals surface area contributed by atoms with E-state index in [1.807, 2.05) is 54.2 Å². The van der Waals surface area contributed by atoms with Crippen molar-refractivity contribution < 1.29 is 33.3 Å². The van der Waals surface area contributed by atoms with Crippen molar-refractivity contribution in [3.63, 3.8) is 0 Å². The smallest absolute Gasteiger partial charge is 0.227 e. The van der Waals surface area contributed by atoms with Gasteiger partial charge in [-0.25, -0.2) is 0 Å². The minimum Gasteiger partial charge on any atom is -1.00 e. The first-order valence-electron chi connectivity index (χ1n) is 8.11. The number of hydrogen-bond donors (Lipinski definition) is 0.